The summed E-state index contributed by atoms with van der Waals surface area (Å²) in [6.45, 7) is 4.55. The third-order valence-electron chi connectivity index (χ3n) is 5.03. The molecule has 0 aliphatic carbocycles. The molecule has 0 aliphatic heterocycles. The van der Waals surface area contributed by atoms with E-state index in [0.717, 1.165) is 28.1 Å². The SMILES string of the molecule is CCCC(C)c1ccc(-c2nc3ccccc3n2-c2ccccc2)cc1. The Morgan fingerprint density at radius 3 is 2.27 bits per heavy atom. The van der Waals surface area contributed by atoms with Gasteiger partial charge in [0.15, 0.2) is 0 Å². The van der Waals surface area contributed by atoms with Crippen LogP contribution in [0, 0.1) is 0 Å². The van der Waals surface area contributed by atoms with Crippen molar-refractivity contribution in [2.45, 2.75) is 32.6 Å². The molecule has 0 saturated heterocycles. The number of imidazole rings is 1. The van der Waals surface area contributed by atoms with E-state index in [1.807, 2.05) is 12.1 Å². The second-order valence-corrected chi connectivity index (χ2v) is 6.91. The Bertz CT molecular complexity index is 998. The standard InChI is InChI=1S/C24H24N2/c1-3-9-18(2)19-14-16-20(17-15-19)24-25-22-12-7-8-13-23(22)26(24)21-10-5-4-6-11-21/h4-8,10-18H,3,9H2,1-2H3. The van der Waals surface area contributed by atoms with Crippen LogP contribution >= 0.6 is 0 Å². The number of fused-ring (bicyclic) bond motifs is 1. The lowest BCUT2D eigenvalue weighted by atomic mass is 9.95. The molecule has 0 amide bonds. The van der Waals surface area contributed by atoms with E-state index in [2.05, 4.69) is 85.1 Å². The molecular weight excluding hydrogens is 316 g/mol. The average molecular weight is 340 g/mol. The maximum atomic E-state index is 4.93. The fraction of sp³-hybridized carbons (Fsp3) is 0.208. The van der Waals surface area contributed by atoms with Gasteiger partial charge in [-0.15, -0.1) is 0 Å². The normalized spacial score (nSPS) is 12.4. The lowest BCUT2D eigenvalue weighted by Crippen LogP contribution is -1.98. The number of aromatic nitrogens is 2. The highest BCUT2D eigenvalue weighted by molar-refractivity contribution is 5.83. The summed E-state index contributed by atoms with van der Waals surface area (Å²) in [6, 6.07) is 27.7. The number of rotatable bonds is 5. The Kier molecular flexibility index (Phi) is 4.57. The van der Waals surface area contributed by atoms with E-state index in [9.17, 15) is 0 Å². The molecular formula is C24H24N2. The highest BCUT2D eigenvalue weighted by atomic mass is 15.1. The summed E-state index contributed by atoms with van der Waals surface area (Å²) in [5.74, 6) is 1.59. The Balaban J connectivity index is 1.84. The van der Waals surface area contributed by atoms with Crippen LogP contribution in [0.2, 0.25) is 0 Å². The van der Waals surface area contributed by atoms with Crippen molar-refractivity contribution in [2.24, 2.45) is 0 Å². The molecule has 1 atom stereocenters. The lowest BCUT2D eigenvalue weighted by Gasteiger charge is -2.12. The number of hydrogen-bond acceptors (Lipinski definition) is 1. The molecule has 0 spiro atoms. The molecule has 0 radical (unpaired) electrons. The predicted octanol–water partition coefficient (Wildman–Crippen LogP) is 6.60. The van der Waals surface area contributed by atoms with Crippen molar-refractivity contribution < 1.29 is 0 Å². The Hall–Kier alpha value is -2.87. The molecule has 1 heterocycles. The first-order valence-electron chi connectivity index (χ1n) is 9.41. The van der Waals surface area contributed by atoms with E-state index in [1.165, 1.54) is 18.4 Å². The van der Waals surface area contributed by atoms with Gasteiger partial charge in [0.2, 0.25) is 0 Å². The highest BCUT2D eigenvalue weighted by Gasteiger charge is 2.14. The maximum Gasteiger partial charge on any atom is 0.145 e. The van der Waals surface area contributed by atoms with E-state index in [4.69, 9.17) is 4.98 Å². The third kappa shape index (κ3) is 3.03. The first-order chi connectivity index (χ1) is 12.8. The molecule has 0 N–H and O–H groups in total. The van der Waals surface area contributed by atoms with Crippen molar-refractivity contribution in [3.05, 3.63) is 84.4 Å². The van der Waals surface area contributed by atoms with E-state index < -0.39 is 0 Å². The van der Waals surface area contributed by atoms with Crippen LogP contribution in [0.3, 0.4) is 0 Å². The second-order valence-electron chi connectivity index (χ2n) is 6.91. The van der Waals surface area contributed by atoms with E-state index in [-0.39, 0.29) is 0 Å². The van der Waals surface area contributed by atoms with Crippen molar-refractivity contribution >= 4 is 11.0 Å². The molecule has 0 saturated carbocycles. The third-order valence-corrected chi connectivity index (χ3v) is 5.03. The molecule has 0 fully saturated rings. The van der Waals surface area contributed by atoms with Crippen LogP contribution in [0.1, 0.15) is 38.2 Å². The van der Waals surface area contributed by atoms with Gasteiger partial charge in [0, 0.05) is 11.3 Å². The quantitative estimate of drug-likeness (QED) is 0.400. The summed E-state index contributed by atoms with van der Waals surface area (Å²) in [7, 11) is 0. The van der Waals surface area contributed by atoms with E-state index in [1.54, 1.807) is 0 Å². The molecule has 1 unspecified atom stereocenters. The molecule has 1 aromatic heterocycles. The summed E-state index contributed by atoms with van der Waals surface area (Å²) in [6.07, 6.45) is 2.44. The Morgan fingerprint density at radius 1 is 0.846 bits per heavy atom. The monoisotopic (exact) mass is 340 g/mol. The average Bonchev–Trinajstić information content (AvgIpc) is 3.08. The molecule has 0 aliphatic rings. The van der Waals surface area contributed by atoms with Crippen molar-refractivity contribution in [1.29, 1.82) is 0 Å². The first kappa shape index (κ1) is 16.6. The minimum atomic E-state index is 0.599. The first-order valence-corrected chi connectivity index (χ1v) is 9.41. The van der Waals surface area contributed by atoms with Gasteiger partial charge in [-0.1, -0.05) is 74.9 Å². The minimum Gasteiger partial charge on any atom is -0.292 e. The zero-order valence-electron chi connectivity index (χ0n) is 15.4. The van der Waals surface area contributed by atoms with Crippen LogP contribution in [0.5, 0.6) is 0 Å². The van der Waals surface area contributed by atoms with Crippen molar-refractivity contribution in [3.63, 3.8) is 0 Å². The molecule has 2 nitrogen and oxygen atoms in total. The summed E-state index contributed by atoms with van der Waals surface area (Å²) in [4.78, 5) is 4.93. The molecule has 130 valence electrons. The van der Waals surface area contributed by atoms with E-state index >= 15 is 0 Å². The van der Waals surface area contributed by atoms with Crippen LogP contribution in [0.25, 0.3) is 28.1 Å². The topological polar surface area (TPSA) is 17.8 Å². The molecule has 0 bridgehead atoms. The number of nitrogens with zero attached hydrogens (tertiary/aromatic N) is 2. The molecule has 3 aromatic carbocycles. The Morgan fingerprint density at radius 2 is 1.54 bits per heavy atom. The van der Waals surface area contributed by atoms with Crippen LogP contribution in [-0.2, 0) is 0 Å². The van der Waals surface area contributed by atoms with Crippen LogP contribution in [-0.4, -0.2) is 9.55 Å². The van der Waals surface area contributed by atoms with E-state index in [0.29, 0.717) is 5.92 Å². The predicted molar refractivity (Wildman–Crippen MR) is 110 cm³/mol. The van der Waals surface area contributed by atoms with Gasteiger partial charge in [-0.25, -0.2) is 4.98 Å². The summed E-state index contributed by atoms with van der Waals surface area (Å²) < 4.78 is 2.25. The minimum absolute atomic E-state index is 0.599. The smallest absolute Gasteiger partial charge is 0.145 e. The van der Waals surface area contributed by atoms with Crippen LogP contribution < -0.4 is 0 Å². The van der Waals surface area contributed by atoms with Crippen LogP contribution in [0.4, 0.5) is 0 Å². The summed E-state index contributed by atoms with van der Waals surface area (Å²) >= 11 is 0. The molecule has 26 heavy (non-hydrogen) atoms. The molecule has 4 aromatic rings. The number of benzene rings is 3. The zero-order chi connectivity index (χ0) is 17.9. The fourth-order valence-corrected chi connectivity index (χ4v) is 3.62. The Labute approximate surface area is 155 Å². The van der Waals surface area contributed by atoms with Crippen molar-refractivity contribution in [3.8, 4) is 17.1 Å². The maximum absolute atomic E-state index is 4.93. The van der Waals surface area contributed by atoms with Gasteiger partial charge in [0.05, 0.1) is 11.0 Å². The highest BCUT2D eigenvalue weighted by Crippen LogP contribution is 2.30. The number of hydrogen-bond donors (Lipinski definition) is 0. The van der Waals surface area contributed by atoms with Gasteiger partial charge in [0.25, 0.3) is 0 Å². The zero-order valence-corrected chi connectivity index (χ0v) is 15.4. The second kappa shape index (κ2) is 7.17. The van der Waals surface area contributed by atoms with Gasteiger partial charge in [-0.2, -0.15) is 0 Å². The summed E-state index contributed by atoms with van der Waals surface area (Å²) in [5.41, 5.74) is 5.85. The lowest BCUT2D eigenvalue weighted by molar-refractivity contribution is 0.665. The fourth-order valence-electron chi connectivity index (χ4n) is 3.62. The van der Waals surface area contributed by atoms with Gasteiger partial charge in [-0.3, -0.25) is 4.57 Å². The van der Waals surface area contributed by atoms with Crippen LogP contribution in [0.15, 0.2) is 78.9 Å². The van der Waals surface area contributed by atoms with Gasteiger partial charge in [-0.05, 0) is 42.2 Å². The molecule has 4 rings (SSSR count). The van der Waals surface area contributed by atoms with Crippen molar-refractivity contribution in [1.82, 2.24) is 9.55 Å². The van der Waals surface area contributed by atoms with Gasteiger partial charge >= 0.3 is 0 Å². The van der Waals surface area contributed by atoms with Gasteiger partial charge < -0.3 is 0 Å². The van der Waals surface area contributed by atoms with Gasteiger partial charge in [0.1, 0.15) is 5.82 Å². The number of para-hydroxylation sites is 3. The summed E-state index contributed by atoms with van der Waals surface area (Å²) in [5, 5.41) is 0. The largest absolute Gasteiger partial charge is 0.292 e. The van der Waals surface area contributed by atoms with Crippen molar-refractivity contribution in [2.75, 3.05) is 0 Å². The molecule has 2 heteroatoms.